The van der Waals surface area contributed by atoms with Gasteiger partial charge in [0.15, 0.2) is 0 Å². The molecule has 1 aromatic heterocycles. The first-order valence-corrected chi connectivity index (χ1v) is 9.17. The molecular weight excluding hydrogens is 387 g/mol. The molecule has 0 saturated heterocycles. The van der Waals surface area contributed by atoms with Crippen LogP contribution in [0.1, 0.15) is 16.1 Å². The van der Waals surface area contributed by atoms with Gasteiger partial charge in [-0.25, -0.2) is 9.18 Å². The molecule has 5 nitrogen and oxygen atoms in total. The van der Waals surface area contributed by atoms with Crippen LogP contribution >= 0.6 is 0 Å². The lowest BCUT2D eigenvalue weighted by Gasteiger charge is -2.11. The number of hydrogen-bond donors (Lipinski definition) is 0. The monoisotopic (exact) mass is 404 g/mol. The molecule has 0 atom stereocenters. The number of methoxy groups -OCH3 is 1. The summed E-state index contributed by atoms with van der Waals surface area (Å²) >= 11 is 0. The highest BCUT2D eigenvalue weighted by molar-refractivity contribution is 5.92. The van der Waals surface area contributed by atoms with Gasteiger partial charge in [-0.3, -0.25) is 4.79 Å². The summed E-state index contributed by atoms with van der Waals surface area (Å²) in [6, 6.07) is 17.2. The highest BCUT2D eigenvalue weighted by Gasteiger charge is 2.18. The Hall–Kier alpha value is -3.93. The van der Waals surface area contributed by atoms with Gasteiger partial charge in [0.25, 0.3) is 0 Å². The summed E-state index contributed by atoms with van der Waals surface area (Å²) in [6.45, 7) is 1.68. The van der Waals surface area contributed by atoms with Crippen LogP contribution in [-0.4, -0.2) is 13.1 Å². The number of rotatable bonds is 4. The van der Waals surface area contributed by atoms with Gasteiger partial charge in [-0.05, 0) is 37.3 Å². The van der Waals surface area contributed by atoms with Gasteiger partial charge in [-0.1, -0.05) is 30.3 Å². The Balaban J connectivity index is 1.76. The van der Waals surface area contributed by atoms with Crippen LogP contribution in [0, 0.1) is 12.7 Å². The van der Waals surface area contributed by atoms with Crippen molar-refractivity contribution in [2.45, 2.75) is 6.92 Å². The topological polar surface area (TPSA) is 65.7 Å². The van der Waals surface area contributed by atoms with Gasteiger partial charge in [-0.15, -0.1) is 0 Å². The Bertz CT molecular complexity index is 1320. The van der Waals surface area contributed by atoms with E-state index in [1.165, 1.54) is 43.5 Å². The molecule has 0 aliphatic rings. The van der Waals surface area contributed by atoms with E-state index in [1.807, 2.05) is 12.1 Å². The second-order valence-electron chi connectivity index (χ2n) is 6.59. The third kappa shape index (κ3) is 3.43. The van der Waals surface area contributed by atoms with Crippen LogP contribution in [0.15, 0.2) is 75.9 Å². The Morgan fingerprint density at radius 3 is 2.50 bits per heavy atom. The maximum Gasteiger partial charge on any atom is 0.346 e. The zero-order chi connectivity index (χ0) is 21.3. The van der Waals surface area contributed by atoms with Crippen LogP contribution in [0.5, 0.6) is 11.5 Å². The molecular formula is C24H17FO5. The molecule has 0 spiro atoms. The van der Waals surface area contributed by atoms with E-state index >= 15 is 0 Å². The van der Waals surface area contributed by atoms with Gasteiger partial charge >= 0.3 is 5.97 Å². The summed E-state index contributed by atoms with van der Waals surface area (Å²) in [5.74, 6) is -0.412. The number of carbonyl (C=O) groups is 1. The van der Waals surface area contributed by atoms with E-state index in [-0.39, 0.29) is 22.3 Å². The largest absolute Gasteiger partial charge is 0.496 e. The molecule has 0 aliphatic carbocycles. The molecule has 0 N–H and O–H groups in total. The molecule has 0 bridgehead atoms. The van der Waals surface area contributed by atoms with Crippen LogP contribution in [0.4, 0.5) is 4.39 Å². The van der Waals surface area contributed by atoms with Crippen molar-refractivity contribution in [2.24, 2.45) is 0 Å². The normalized spacial score (nSPS) is 10.8. The standard InChI is InChI=1S/C24H17FO5/c1-14-22(17-8-4-6-10-20(17)28-2)23(26)18-12-11-15(13-21(18)29-14)30-24(27)16-7-3-5-9-19(16)25/h3-13H,1-2H3. The highest BCUT2D eigenvalue weighted by atomic mass is 19.1. The van der Waals surface area contributed by atoms with Gasteiger partial charge < -0.3 is 13.9 Å². The summed E-state index contributed by atoms with van der Waals surface area (Å²) in [7, 11) is 1.53. The van der Waals surface area contributed by atoms with E-state index in [0.29, 0.717) is 28.0 Å². The number of carbonyl (C=O) groups excluding carboxylic acids is 1. The van der Waals surface area contributed by atoms with Crippen molar-refractivity contribution in [3.63, 3.8) is 0 Å². The van der Waals surface area contributed by atoms with Gasteiger partial charge in [0.1, 0.15) is 28.7 Å². The van der Waals surface area contributed by atoms with Crippen molar-refractivity contribution in [3.8, 4) is 22.6 Å². The van der Waals surface area contributed by atoms with Crippen LogP contribution < -0.4 is 14.9 Å². The average molecular weight is 404 g/mol. The van der Waals surface area contributed by atoms with E-state index in [9.17, 15) is 14.0 Å². The minimum atomic E-state index is -0.836. The van der Waals surface area contributed by atoms with E-state index in [1.54, 1.807) is 25.1 Å². The summed E-state index contributed by atoms with van der Waals surface area (Å²) in [4.78, 5) is 25.4. The maximum atomic E-state index is 13.8. The molecule has 0 unspecified atom stereocenters. The van der Waals surface area contributed by atoms with Crippen LogP contribution in [0.2, 0.25) is 0 Å². The molecule has 6 heteroatoms. The van der Waals surface area contributed by atoms with E-state index in [0.717, 1.165) is 0 Å². The number of aryl methyl sites for hydroxylation is 1. The quantitative estimate of drug-likeness (QED) is 0.348. The maximum absolute atomic E-state index is 13.8. The van der Waals surface area contributed by atoms with Crippen molar-refractivity contribution < 1.29 is 23.1 Å². The first kappa shape index (κ1) is 19.4. The molecule has 0 amide bonds. The number of halogens is 1. The zero-order valence-electron chi connectivity index (χ0n) is 16.3. The SMILES string of the molecule is COc1ccccc1-c1c(C)oc2cc(OC(=O)c3ccccc3F)ccc2c1=O. The minimum Gasteiger partial charge on any atom is -0.496 e. The highest BCUT2D eigenvalue weighted by Crippen LogP contribution is 2.32. The lowest BCUT2D eigenvalue weighted by atomic mass is 10.0. The summed E-state index contributed by atoms with van der Waals surface area (Å²) in [5, 5.41) is 0.326. The fraction of sp³-hybridized carbons (Fsp3) is 0.0833. The van der Waals surface area contributed by atoms with E-state index in [4.69, 9.17) is 13.9 Å². The van der Waals surface area contributed by atoms with Gasteiger partial charge in [0.05, 0.1) is 23.6 Å². The number of hydrogen-bond acceptors (Lipinski definition) is 5. The van der Waals surface area contributed by atoms with Crippen molar-refractivity contribution >= 4 is 16.9 Å². The summed E-state index contributed by atoms with van der Waals surface area (Å²) in [5.41, 5.74) is 0.876. The van der Waals surface area contributed by atoms with Crippen molar-refractivity contribution in [3.05, 3.63) is 94.1 Å². The third-order valence-electron chi connectivity index (χ3n) is 4.72. The molecule has 30 heavy (non-hydrogen) atoms. The smallest absolute Gasteiger partial charge is 0.346 e. The number of esters is 1. The van der Waals surface area contributed by atoms with E-state index in [2.05, 4.69) is 0 Å². The fourth-order valence-electron chi connectivity index (χ4n) is 3.30. The molecule has 0 saturated carbocycles. The Morgan fingerprint density at radius 1 is 1.00 bits per heavy atom. The molecule has 0 fully saturated rings. The molecule has 0 aliphatic heterocycles. The predicted octanol–water partition coefficient (Wildman–Crippen LogP) is 5.14. The molecule has 0 radical (unpaired) electrons. The molecule has 150 valence electrons. The van der Waals surface area contributed by atoms with E-state index < -0.39 is 11.8 Å². The van der Waals surface area contributed by atoms with Crippen LogP contribution in [0.25, 0.3) is 22.1 Å². The van der Waals surface area contributed by atoms with Gasteiger partial charge in [-0.2, -0.15) is 0 Å². The Labute approximate surface area is 171 Å². The number of fused-ring (bicyclic) bond motifs is 1. The second-order valence-corrected chi connectivity index (χ2v) is 6.59. The van der Waals surface area contributed by atoms with Gasteiger partial charge in [0.2, 0.25) is 5.43 Å². The lowest BCUT2D eigenvalue weighted by molar-refractivity contribution is 0.0730. The number of para-hydroxylation sites is 1. The molecule has 4 rings (SSSR count). The van der Waals surface area contributed by atoms with Crippen LogP contribution in [0.3, 0.4) is 0 Å². The number of benzene rings is 3. The molecule has 4 aromatic rings. The molecule has 3 aromatic carbocycles. The minimum absolute atomic E-state index is 0.142. The fourth-order valence-corrected chi connectivity index (χ4v) is 3.30. The Morgan fingerprint density at radius 2 is 1.73 bits per heavy atom. The summed E-state index contributed by atoms with van der Waals surface area (Å²) in [6.07, 6.45) is 0. The second kappa shape index (κ2) is 7.83. The number of ether oxygens (including phenoxy) is 2. The lowest BCUT2D eigenvalue weighted by Crippen LogP contribution is -2.11. The molecule has 1 heterocycles. The Kier molecular flexibility index (Phi) is 5.06. The first-order valence-electron chi connectivity index (χ1n) is 9.17. The van der Waals surface area contributed by atoms with Crippen molar-refractivity contribution in [2.75, 3.05) is 7.11 Å². The average Bonchev–Trinajstić information content (AvgIpc) is 2.74. The first-order chi connectivity index (χ1) is 14.5. The van der Waals surface area contributed by atoms with Gasteiger partial charge in [0, 0.05) is 11.6 Å². The summed E-state index contributed by atoms with van der Waals surface area (Å²) < 4.78 is 30.3. The zero-order valence-corrected chi connectivity index (χ0v) is 16.3. The van der Waals surface area contributed by atoms with Crippen molar-refractivity contribution in [1.29, 1.82) is 0 Å². The predicted molar refractivity (Wildman–Crippen MR) is 111 cm³/mol. The van der Waals surface area contributed by atoms with Crippen molar-refractivity contribution in [1.82, 2.24) is 0 Å². The third-order valence-corrected chi connectivity index (χ3v) is 4.72. The van der Waals surface area contributed by atoms with Crippen LogP contribution in [-0.2, 0) is 0 Å².